The normalized spacial score (nSPS) is 11.7. The predicted molar refractivity (Wildman–Crippen MR) is 65.4 cm³/mol. The van der Waals surface area contributed by atoms with Crippen LogP contribution in [0.3, 0.4) is 0 Å². The molecule has 1 aromatic rings. The summed E-state index contributed by atoms with van der Waals surface area (Å²) in [6.07, 6.45) is 0.378. The minimum Gasteiger partial charge on any atom is -0.481 e. The van der Waals surface area contributed by atoms with E-state index in [0.717, 1.165) is 12.3 Å². The summed E-state index contributed by atoms with van der Waals surface area (Å²) in [5.74, 6) is -3.67. The molecule has 1 amide bonds. The Hall–Kier alpha value is -1.86. The van der Waals surface area contributed by atoms with E-state index in [1.807, 2.05) is 5.32 Å². The molecular formula is C10H8Cl2N2O5. The van der Waals surface area contributed by atoms with Crippen LogP contribution < -0.4 is 5.32 Å². The van der Waals surface area contributed by atoms with Crippen LogP contribution in [0.25, 0.3) is 0 Å². The predicted octanol–water partition coefficient (Wildman–Crippen LogP) is 1.05. The van der Waals surface area contributed by atoms with Gasteiger partial charge in [-0.2, -0.15) is 0 Å². The third-order valence-corrected chi connectivity index (χ3v) is 2.56. The molecule has 0 bridgehead atoms. The van der Waals surface area contributed by atoms with Crippen molar-refractivity contribution >= 4 is 41.0 Å². The zero-order valence-electron chi connectivity index (χ0n) is 9.26. The molecule has 0 saturated heterocycles. The Bertz CT molecular complexity index is 535. The smallest absolute Gasteiger partial charge is 0.326 e. The highest BCUT2D eigenvalue weighted by atomic mass is 35.5. The number of nitrogens with zero attached hydrogens (tertiary/aromatic N) is 1. The topological polar surface area (TPSA) is 117 Å². The molecule has 1 atom stereocenters. The van der Waals surface area contributed by atoms with Crippen molar-refractivity contribution in [3.63, 3.8) is 0 Å². The fraction of sp³-hybridized carbons (Fsp3) is 0.200. The van der Waals surface area contributed by atoms with Crippen molar-refractivity contribution < 1.29 is 24.6 Å². The van der Waals surface area contributed by atoms with Gasteiger partial charge in [0, 0.05) is 6.20 Å². The number of hydrogen-bond donors (Lipinski definition) is 3. The summed E-state index contributed by atoms with van der Waals surface area (Å²) in [7, 11) is 0. The summed E-state index contributed by atoms with van der Waals surface area (Å²) in [5, 5.41) is 19.4. The first-order valence-electron chi connectivity index (χ1n) is 4.87. The highest BCUT2D eigenvalue weighted by Gasteiger charge is 2.24. The van der Waals surface area contributed by atoms with Gasteiger partial charge in [-0.15, -0.1) is 0 Å². The van der Waals surface area contributed by atoms with E-state index in [-0.39, 0.29) is 15.7 Å². The van der Waals surface area contributed by atoms with Crippen molar-refractivity contribution in [3.05, 3.63) is 28.0 Å². The van der Waals surface area contributed by atoms with Crippen LogP contribution in [0.4, 0.5) is 0 Å². The number of aliphatic carboxylic acids is 2. The molecule has 0 spiro atoms. The third-order valence-electron chi connectivity index (χ3n) is 2.05. The number of hydrogen-bond acceptors (Lipinski definition) is 4. The van der Waals surface area contributed by atoms with Crippen LogP contribution in [0.2, 0.25) is 10.2 Å². The van der Waals surface area contributed by atoms with Crippen molar-refractivity contribution in [2.75, 3.05) is 0 Å². The van der Waals surface area contributed by atoms with E-state index in [9.17, 15) is 14.4 Å². The Morgan fingerprint density at radius 1 is 1.32 bits per heavy atom. The Morgan fingerprint density at radius 3 is 2.47 bits per heavy atom. The van der Waals surface area contributed by atoms with Crippen molar-refractivity contribution in [2.45, 2.75) is 12.5 Å². The monoisotopic (exact) mass is 306 g/mol. The first-order chi connectivity index (χ1) is 8.81. The molecule has 0 aliphatic heterocycles. The molecule has 7 nitrogen and oxygen atoms in total. The van der Waals surface area contributed by atoms with E-state index in [1.165, 1.54) is 0 Å². The van der Waals surface area contributed by atoms with Crippen LogP contribution in [0, 0.1) is 0 Å². The molecule has 9 heteroatoms. The summed E-state index contributed by atoms with van der Waals surface area (Å²) < 4.78 is 0. The number of carboxylic acid groups (broad SMARTS) is 2. The highest BCUT2D eigenvalue weighted by Crippen LogP contribution is 2.18. The number of amides is 1. The molecule has 0 aliphatic rings. The van der Waals surface area contributed by atoms with E-state index in [2.05, 4.69) is 4.98 Å². The summed E-state index contributed by atoms with van der Waals surface area (Å²) in [5.41, 5.74) is -0.0849. The molecule has 3 N–H and O–H groups in total. The van der Waals surface area contributed by atoms with E-state index in [1.54, 1.807) is 0 Å². The number of carbonyl (C=O) groups is 3. The van der Waals surface area contributed by atoms with Gasteiger partial charge in [-0.05, 0) is 6.07 Å². The lowest BCUT2D eigenvalue weighted by Gasteiger charge is -2.13. The van der Waals surface area contributed by atoms with Crippen molar-refractivity contribution in [1.82, 2.24) is 10.3 Å². The number of pyridine rings is 1. The Kier molecular flexibility index (Phi) is 5.08. The quantitative estimate of drug-likeness (QED) is 0.700. The van der Waals surface area contributed by atoms with Crippen molar-refractivity contribution in [1.29, 1.82) is 0 Å². The fourth-order valence-corrected chi connectivity index (χ4v) is 1.54. The lowest BCUT2D eigenvalue weighted by atomic mass is 10.2. The minimum atomic E-state index is -1.56. The number of aromatic nitrogens is 1. The number of nitrogens with one attached hydrogen (secondary N) is 1. The fourth-order valence-electron chi connectivity index (χ4n) is 1.20. The number of carboxylic acids is 2. The molecule has 0 unspecified atom stereocenters. The van der Waals surface area contributed by atoms with Gasteiger partial charge in [0.2, 0.25) is 0 Å². The van der Waals surface area contributed by atoms with Gasteiger partial charge in [0.05, 0.1) is 17.0 Å². The maximum absolute atomic E-state index is 11.8. The zero-order valence-corrected chi connectivity index (χ0v) is 10.8. The van der Waals surface area contributed by atoms with E-state index in [4.69, 9.17) is 33.4 Å². The van der Waals surface area contributed by atoms with Gasteiger partial charge < -0.3 is 15.5 Å². The molecule has 0 aliphatic carbocycles. The SMILES string of the molecule is O=C(O)C[C@H](NC(=O)c1cc(Cl)ncc1Cl)C(=O)O. The van der Waals surface area contributed by atoms with Crippen LogP contribution in [-0.2, 0) is 9.59 Å². The summed E-state index contributed by atoms with van der Waals surface area (Å²) in [6.45, 7) is 0. The molecule has 102 valence electrons. The van der Waals surface area contributed by atoms with Gasteiger partial charge in [-0.3, -0.25) is 9.59 Å². The molecule has 1 heterocycles. The average Bonchev–Trinajstić information content (AvgIpc) is 2.30. The van der Waals surface area contributed by atoms with E-state index >= 15 is 0 Å². The van der Waals surface area contributed by atoms with E-state index < -0.39 is 30.3 Å². The van der Waals surface area contributed by atoms with Gasteiger partial charge >= 0.3 is 11.9 Å². The molecule has 0 fully saturated rings. The molecule has 19 heavy (non-hydrogen) atoms. The highest BCUT2D eigenvalue weighted by molar-refractivity contribution is 6.35. The van der Waals surface area contributed by atoms with Gasteiger partial charge in [-0.1, -0.05) is 23.2 Å². The molecule has 1 aromatic heterocycles. The molecule has 0 aromatic carbocycles. The summed E-state index contributed by atoms with van der Waals surface area (Å²) in [4.78, 5) is 36.7. The van der Waals surface area contributed by atoms with Crippen LogP contribution in [0.15, 0.2) is 12.3 Å². The number of carbonyl (C=O) groups excluding carboxylic acids is 1. The maximum atomic E-state index is 11.8. The standard InChI is InChI=1S/C10H8Cl2N2O5/c11-5-3-13-7(12)1-4(5)9(17)14-6(10(18)19)2-8(15)16/h1,3,6H,2H2,(H,14,17)(H,15,16)(H,18,19)/t6-/m0/s1. The first kappa shape index (κ1) is 15.2. The van der Waals surface area contributed by atoms with Gasteiger partial charge in [0.1, 0.15) is 11.2 Å². The van der Waals surface area contributed by atoms with E-state index in [0.29, 0.717) is 0 Å². The summed E-state index contributed by atoms with van der Waals surface area (Å²) >= 11 is 11.3. The second kappa shape index (κ2) is 6.35. The molecular weight excluding hydrogens is 299 g/mol. The van der Waals surface area contributed by atoms with Gasteiger partial charge in [-0.25, -0.2) is 9.78 Å². The van der Waals surface area contributed by atoms with Gasteiger partial charge in [0.15, 0.2) is 0 Å². The lowest BCUT2D eigenvalue weighted by molar-refractivity contribution is -0.145. The second-order valence-electron chi connectivity index (χ2n) is 3.45. The molecule has 1 rings (SSSR count). The minimum absolute atomic E-state index is 0.000315. The van der Waals surface area contributed by atoms with Crippen molar-refractivity contribution in [3.8, 4) is 0 Å². The zero-order chi connectivity index (χ0) is 14.6. The Morgan fingerprint density at radius 2 is 1.95 bits per heavy atom. The Balaban J connectivity index is 2.90. The van der Waals surface area contributed by atoms with Crippen LogP contribution in [-0.4, -0.2) is 39.1 Å². The first-order valence-corrected chi connectivity index (χ1v) is 5.63. The van der Waals surface area contributed by atoms with Gasteiger partial charge in [0.25, 0.3) is 5.91 Å². The van der Waals surface area contributed by atoms with Crippen molar-refractivity contribution in [2.24, 2.45) is 0 Å². The average molecular weight is 307 g/mol. The largest absolute Gasteiger partial charge is 0.481 e. The summed E-state index contributed by atoms with van der Waals surface area (Å²) in [6, 6.07) is -0.410. The van der Waals surface area contributed by atoms with Crippen LogP contribution in [0.1, 0.15) is 16.8 Å². The second-order valence-corrected chi connectivity index (χ2v) is 4.24. The lowest BCUT2D eigenvalue weighted by Crippen LogP contribution is -2.42. The number of halogens is 2. The molecule has 0 radical (unpaired) electrons. The Labute approximate surface area is 117 Å². The van der Waals surface area contributed by atoms with Crippen LogP contribution >= 0.6 is 23.2 Å². The number of rotatable bonds is 5. The third kappa shape index (κ3) is 4.38. The maximum Gasteiger partial charge on any atom is 0.326 e. The molecule has 0 saturated carbocycles. The van der Waals surface area contributed by atoms with Crippen LogP contribution in [0.5, 0.6) is 0 Å².